The Labute approximate surface area is 272 Å². The van der Waals surface area contributed by atoms with Crippen molar-refractivity contribution in [2.75, 3.05) is 38.5 Å². The van der Waals surface area contributed by atoms with Gasteiger partial charge in [-0.1, -0.05) is 30.3 Å². The Balaban J connectivity index is 1.27. The highest BCUT2D eigenvalue weighted by molar-refractivity contribution is 6.03. The van der Waals surface area contributed by atoms with Gasteiger partial charge in [-0.15, -0.1) is 0 Å². The number of nitrogens with one attached hydrogen (secondary N) is 2. The second-order valence-corrected chi connectivity index (χ2v) is 13.8. The summed E-state index contributed by atoms with van der Waals surface area (Å²) < 4.78 is 29.7. The number of nitrogens with zero attached hydrogens (tertiary/aromatic N) is 3. The first-order valence-corrected chi connectivity index (χ1v) is 16.3. The van der Waals surface area contributed by atoms with Gasteiger partial charge in [0.25, 0.3) is 5.91 Å². The van der Waals surface area contributed by atoms with E-state index in [0.29, 0.717) is 42.5 Å². The highest BCUT2D eigenvalue weighted by Crippen LogP contribution is 2.47. The van der Waals surface area contributed by atoms with Gasteiger partial charge in [0.15, 0.2) is 17.3 Å². The molecule has 2 saturated heterocycles. The van der Waals surface area contributed by atoms with Crippen LogP contribution in [0.25, 0.3) is 27.4 Å². The Kier molecular flexibility index (Phi) is 7.82. The normalized spacial score (nSPS) is 19.1. The number of carbonyl (C=O) groups is 2. The van der Waals surface area contributed by atoms with Crippen LogP contribution in [0, 0.1) is 5.82 Å². The van der Waals surface area contributed by atoms with Crippen molar-refractivity contribution >= 4 is 39.4 Å². The van der Waals surface area contributed by atoms with Gasteiger partial charge in [-0.2, -0.15) is 0 Å². The largest absolute Gasteiger partial charge is 0.450 e. The topological polar surface area (TPSA) is 105 Å². The minimum atomic E-state index is -0.652. The quantitative estimate of drug-likeness (QED) is 0.234. The molecule has 1 unspecified atom stereocenters. The number of benzene rings is 3. The molecule has 2 N–H and O–H groups in total. The molecule has 0 spiro atoms. The maximum atomic E-state index is 16.0. The Morgan fingerprint density at radius 1 is 1.06 bits per heavy atom. The average Bonchev–Trinajstić information content (AvgIpc) is 3.66. The molecule has 3 aliphatic rings. The minimum Gasteiger partial charge on any atom is -0.450 e. The molecule has 0 radical (unpaired) electrons. The number of aromatic nitrogens is 1. The summed E-state index contributed by atoms with van der Waals surface area (Å²) in [7, 11) is 2.11. The Hall–Kier alpha value is -4.64. The lowest BCUT2D eigenvalue weighted by Gasteiger charge is -2.28. The maximum absolute atomic E-state index is 16.0. The van der Waals surface area contributed by atoms with E-state index in [2.05, 4.69) is 22.6 Å². The van der Waals surface area contributed by atoms with E-state index in [1.807, 2.05) is 36.4 Å². The smallest absolute Gasteiger partial charge is 0.407 e. The number of rotatable bonds is 6. The summed E-state index contributed by atoms with van der Waals surface area (Å²) in [6, 6.07) is 12.9. The van der Waals surface area contributed by atoms with Crippen LogP contribution < -0.4 is 20.8 Å². The molecule has 0 saturated carbocycles. The van der Waals surface area contributed by atoms with Crippen molar-refractivity contribution < 1.29 is 23.5 Å². The monoisotopic (exact) mass is 641 g/mol. The van der Waals surface area contributed by atoms with Crippen molar-refractivity contribution in [2.45, 2.75) is 64.1 Å². The van der Waals surface area contributed by atoms with Crippen LogP contribution >= 0.6 is 0 Å². The summed E-state index contributed by atoms with van der Waals surface area (Å²) in [5.41, 5.74) is -0.0578. The van der Waals surface area contributed by atoms with Crippen molar-refractivity contribution in [3.8, 4) is 17.2 Å². The summed E-state index contributed by atoms with van der Waals surface area (Å²) >= 11 is 0. The van der Waals surface area contributed by atoms with E-state index in [4.69, 9.17) is 9.47 Å². The number of amides is 2. The fourth-order valence-corrected chi connectivity index (χ4v) is 7.08. The molecule has 4 aromatic rings. The molecule has 11 heteroatoms. The van der Waals surface area contributed by atoms with Crippen molar-refractivity contribution in [2.24, 2.45) is 0 Å². The molecule has 246 valence electrons. The minimum absolute atomic E-state index is 0.0610. The number of halogens is 1. The van der Waals surface area contributed by atoms with Gasteiger partial charge in [0.2, 0.25) is 5.43 Å². The number of carbonyl (C=O) groups excluding carboxylic acids is 2. The number of fused-ring (bicyclic) bond motifs is 4. The van der Waals surface area contributed by atoms with Gasteiger partial charge >= 0.3 is 6.09 Å². The zero-order valence-corrected chi connectivity index (χ0v) is 27.2. The first-order chi connectivity index (χ1) is 22.5. The third kappa shape index (κ3) is 5.77. The standard InChI is InChI=1S/C36H40FN5O5/c1-36(2,3)47-35(45)39-22-14-17-41(19-22)34(44)26-20-42-28-12-11-21-8-5-6-10-24(21)32(28)46-33-29(27(37)18-25(30(33)42)31(26)43)38-15-13-23-9-7-16-40(23)4/h5-6,8,10-12,18,20,22-23,38H,7,9,13-17,19H2,1-4H3,(H,39,45)/t22-,23?/m1/s1. The lowest BCUT2D eigenvalue weighted by atomic mass is 10.0. The van der Waals surface area contributed by atoms with Gasteiger partial charge in [-0.3, -0.25) is 9.59 Å². The predicted molar refractivity (Wildman–Crippen MR) is 180 cm³/mol. The third-order valence-electron chi connectivity index (χ3n) is 9.40. The SMILES string of the molecule is CN1CCCC1CCNc1c(F)cc2c(=O)c(C(=O)N3CC[C@@H](NC(=O)OC(C)(C)C)C3)cn3c2c1Oc1c-3ccc2ccccc12. The van der Waals surface area contributed by atoms with Crippen molar-refractivity contribution in [1.82, 2.24) is 19.7 Å². The first-order valence-electron chi connectivity index (χ1n) is 16.3. The van der Waals surface area contributed by atoms with Gasteiger partial charge in [-0.05, 0) is 77.6 Å². The Morgan fingerprint density at radius 3 is 2.64 bits per heavy atom. The predicted octanol–water partition coefficient (Wildman–Crippen LogP) is 6.02. The molecule has 2 atom stereocenters. The molecular formula is C36H40FN5O5. The van der Waals surface area contributed by atoms with Crippen molar-refractivity contribution in [1.29, 1.82) is 0 Å². The van der Waals surface area contributed by atoms with E-state index >= 15 is 4.39 Å². The summed E-state index contributed by atoms with van der Waals surface area (Å²) in [6.07, 6.45) is 4.60. The number of pyridine rings is 1. The lowest BCUT2D eigenvalue weighted by Crippen LogP contribution is -2.41. The van der Waals surface area contributed by atoms with Gasteiger partial charge in [0.1, 0.15) is 22.4 Å². The summed E-state index contributed by atoms with van der Waals surface area (Å²) in [4.78, 5) is 44.2. The molecule has 0 bridgehead atoms. The van der Waals surface area contributed by atoms with Gasteiger partial charge < -0.3 is 34.5 Å². The maximum Gasteiger partial charge on any atom is 0.407 e. The summed E-state index contributed by atoms with van der Waals surface area (Å²) in [5, 5.41) is 7.94. The van der Waals surface area contributed by atoms with E-state index in [0.717, 1.165) is 36.6 Å². The van der Waals surface area contributed by atoms with Crippen LogP contribution in [0.15, 0.2) is 53.5 Å². The molecule has 7 rings (SSSR count). The molecular weight excluding hydrogens is 601 g/mol. The number of hydrogen-bond donors (Lipinski definition) is 2. The molecule has 10 nitrogen and oxygen atoms in total. The molecule has 3 aromatic carbocycles. The van der Waals surface area contributed by atoms with E-state index < -0.39 is 28.8 Å². The fraction of sp³-hybridized carbons (Fsp3) is 0.417. The number of ether oxygens (including phenoxy) is 2. The zero-order chi connectivity index (χ0) is 33.0. The number of alkyl carbamates (subject to hydrolysis) is 1. The van der Waals surface area contributed by atoms with Gasteiger partial charge in [-0.25, -0.2) is 9.18 Å². The number of hydrogen-bond acceptors (Lipinski definition) is 7. The molecule has 2 fully saturated rings. The van der Waals surface area contributed by atoms with Crippen LogP contribution in [0.1, 0.15) is 56.8 Å². The highest BCUT2D eigenvalue weighted by atomic mass is 19.1. The van der Waals surface area contributed by atoms with Crippen LogP contribution in [0.4, 0.5) is 14.9 Å². The third-order valence-corrected chi connectivity index (χ3v) is 9.40. The Morgan fingerprint density at radius 2 is 1.87 bits per heavy atom. The van der Waals surface area contributed by atoms with Crippen LogP contribution in [-0.2, 0) is 4.74 Å². The molecule has 4 heterocycles. The van der Waals surface area contributed by atoms with Crippen LogP contribution in [0.2, 0.25) is 0 Å². The molecule has 0 aliphatic carbocycles. The van der Waals surface area contributed by atoms with E-state index in [1.54, 1.807) is 36.4 Å². The zero-order valence-electron chi connectivity index (χ0n) is 27.2. The van der Waals surface area contributed by atoms with Crippen molar-refractivity contribution in [3.63, 3.8) is 0 Å². The molecule has 1 aromatic heterocycles. The number of likely N-dealkylation sites (tertiary alicyclic amines) is 2. The average molecular weight is 642 g/mol. The van der Waals surface area contributed by atoms with E-state index in [9.17, 15) is 14.4 Å². The summed E-state index contributed by atoms with van der Waals surface area (Å²) in [6.45, 7) is 7.50. The lowest BCUT2D eigenvalue weighted by molar-refractivity contribution is 0.0502. The van der Waals surface area contributed by atoms with Crippen molar-refractivity contribution in [3.05, 3.63) is 70.3 Å². The molecule has 47 heavy (non-hydrogen) atoms. The van der Waals surface area contributed by atoms with Crippen LogP contribution in [0.5, 0.6) is 11.5 Å². The second-order valence-electron chi connectivity index (χ2n) is 13.8. The second kappa shape index (κ2) is 11.9. The fourth-order valence-electron chi connectivity index (χ4n) is 7.08. The highest BCUT2D eigenvalue weighted by Gasteiger charge is 2.34. The summed E-state index contributed by atoms with van der Waals surface area (Å²) in [5.74, 6) is -0.353. The first kappa shape index (κ1) is 31.0. The van der Waals surface area contributed by atoms with Crippen LogP contribution in [0.3, 0.4) is 0 Å². The Bertz CT molecular complexity index is 1970. The molecule has 3 aliphatic heterocycles. The van der Waals surface area contributed by atoms with E-state index in [-0.39, 0.29) is 35.0 Å². The van der Waals surface area contributed by atoms with Gasteiger partial charge in [0.05, 0.1) is 17.1 Å². The van der Waals surface area contributed by atoms with Gasteiger partial charge in [0, 0.05) is 37.3 Å². The number of anilines is 1. The van der Waals surface area contributed by atoms with E-state index in [1.165, 1.54) is 6.07 Å². The molecule has 2 amide bonds. The van der Waals surface area contributed by atoms with Crippen LogP contribution in [-0.4, -0.2) is 77.3 Å².